The molecule has 0 aliphatic heterocycles. The molecule has 0 saturated carbocycles. The molecule has 1 aromatic heterocycles. The van der Waals surface area contributed by atoms with E-state index in [4.69, 9.17) is 0 Å². The second-order valence-corrected chi connectivity index (χ2v) is 5.02. The zero-order valence-corrected chi connectivity index (χ0v) is 12.2. The largest absolute Gasteiger partial charge is 0.478 e. The third kappa shape index (κ3) is 3.04. The summed E-state index contributed by atoms with van der Waals surface area (Å²) in [5.74, 6) is -1.59. The number of anilines is 1. The summed E-state index contributed by atoms with van der Waals surface area (Å²) >= 11 is 0. The van der Waals surface area contributed by atoms with Crippen LogP contribution in [0.15, 0.2) is 24.4 Å². The molecule has 1 heterocycles. The number of aromatic nitrogens is 2. The molecule has 2 N–H and O–H groups in total. The Morgan fingerprint density at radius 3 is 2.71 bits per heavy atom. The molecule has 0 aliphatic carbocycles. The minimum absolute atomic E-state index is 0.000295. The third-order valence-electron chi connectivity index (χ3n) is 3.05. The number of benzene rings is 1. The fourth-order valence-corrected chi connectivity index (χ4v) is 2.20. The maximum Gasteiger partial charge on any atom is 0.339 e. The fraction of sp³-hybridized carbons (Fsp3) is 0.333. The fourth-order valence-electron chi connectivity index (χ4n) is 2.20. The van der Waals surface area contributed by atoms with Gasteiger partial charge in [-0.05, 0) is 39.0 Å². The maximum atomic E-state index is 14.3. The first-order valence-corrected chi connectivity index (χ1v) is 6.79. The van der Waals surface area contributed by atoms with Gasteiger partial charge in [-0.1, -0.05) is 0 Å². The molecule has 0 amide bonds. The van der Waals surface area contributed by atoms with Crippen molar-refractivity contribution in [3.63, 3.8) is 0 Å². The molecule has 2 aromatic rings. The van der Waals surface area contributed by atoms with E-state index >= 15 is 0 Å². The molecule has 2 rings (SSSR count). The van der Waals surface area contributed by atoms with Crippen molar-refractivity contribution in [2.45, 2.75) is 33.4 Å². The molecule has 0 bridgehead atoms. The molecule has 0 spiro atoms. The summed E-state index contributed by atoms with van der Waals surface area (Å²) in [5.41, 5.74) is 1.19. The van der Waals surface area contributed by atoms with E-state index in [0.29, 0.717) is 17.9 Å². The Balaban J connectivity index is 2.52. The highest BCUT2D eigenvalue weighted by Crippen LogP contribution is 2.28. The second kappa shape index (κ2) is 5.95. The van der Waals surface area contributed by atoms with E-state index in [9.17, 15) is 14.3 Å². The van der Waals surface area contributed by atoms with Crippen molar-refractivity contribution < 1.29 is 14.3 Å². The van der Waals surface area contributed by atoms with Crippen LogP contribution in [-0.2, 0) is 6.54 Å². The SMILES string of the molecule is CCn1ncc(C(=O)O)c1-c1ccc(NC(C)C)cc1F. The summed E-state index contributed by atoms with van der Waals surface area (Å²) in [6.07, 6.45) is 1.25. The lowest BCUT2D eigenvalue weighted by atomic mass is 10.1. The van der Waals surface area contributed by atoms with Crippen LogP contribution >= 0.6 is 0 Å². The van der Waals surface area contributed by atoms with Crippen LogP contribution < -0.4 is 5.32 Å². The molecule has 0 unspecified atom stereocenters. The number of carboxylic acids is 1. The van der Waals surface area contributed by atoms with E-state index in [0.717, 1.165) is 0 Å². The first-order chi connectivity index (χ1) is 9.93. The number of halogens is 1. The van der Waals surface area contributed by atoms with Crippen molar-refractivity contribution in [1.29, 1.82) is 0 Å². The van der Waals surface area contributed by atoms with Crippen molar-refractivity contribution >= 4 is 11.7 Å². The summed E-state index contributed by atoms with van der Waals surface area (Å²) in [5, 5.41) is 16.3. The monoisotopic (exact) mass is 291 g/mol. The summed E-state index contributed by atoms with van der Waals surface area (Å²) in [4.78, 5) is 11.3. The van der Waals surface area contributed by atoms with Gasteiger partial charge in [-0.3, -0.25) is 4.68 Å². The van der Waals surface area contributed by atoms with Crippen molar-refractivity contribution in [2.24, 2.45) is 0 Å². The van der Waals surface area contributed by atoms with Crippen LogP contribution in [0.1, 0.15) is 31.1 Å². The Hall–Kier alpha value is -2.37. The van der Waals surface area contributed by atoms with Gasteiger partial charge in [0.15, 0.2) is 0 Å². The molecule has 0 radical (unpaired) electrons. The zero-order valence-electron chi connectivity index (χ0n) is 12.2. The van der Waals surface area contributed by atoms with Crippen LogP contribution in [0.25, 0.3) is 11.3 Å². The summed E-state index contributed by atoms with van der Waals surface area (Å²) in [6.45, 7) is 6.21. The van der Waals surface area contributed by atoms with Crippen LogP contribution in [-0.4, -0.2) is 26.9 Å². The van der Waals surface area contributed by atoms with Gasteiger partial charge in [-0.25, -0.2) is 9.18 Å². The minimum Gasteiger partial charge on any atom is -0.478 e. The van der Waals surface area contributed by atoms with E-state index in [1.165, 1.54) is 16.9 Å². The molecular weight excluding hydrogens is 273 g/mol. The van der Waals surface area contributed by atoms with Crippen molar-refractivity contribution in [1.82, 2.24) is 9.78 Å². The molecule has 112 valence electrons. The predicted molar refractivity (Wildman–Crippen MR) is 79.0 cm³/mol. The standard InChI is InChI=1S/C15H18FN3O2/c1-4-19-14(12(8-17-19)15(20)21)11-6-5-10(7-13(11)16)18-9(2)3/h5-9,18H,4H2,1-3H3,(H,20,21). The lowest BCUT2D eigenvalue weighted by Gasteiger charge is -2.12. The van der Waals surface area contributed by atoms with E-state index in [1.807, 2.05) is 20.8 Å². The normalized spacial score (nSPS) is 10.9. The number of aryl methyl sites for hydroxylation is 1. The predicted octanol–water partition coefficient (Wildman–Crippen LogP) is 3.23. The quantitative estimate of drug-likeness (QED) is 0.887. The summed E-state index contributed by atoms with van der Waals surface area (Å²) in [6, 6.07) is 4.87. The lowest BCUT2D eigenvalue weighted by Crippen LogP contribution is -2.10. The molecule has 0 atom stereocenters. The van der Waals surface area contributed by atoms with Gasteiger partial charge in [0.2, 0.25) is 0 Å². The molecule has 1 aromatic carbocycles. The number of aromatic carboxylic acids is 1. The maximum absolute atomic E-state index is 14.3. The van der Waals surface area contributed by atoms with Crippen LogP contribution in [0.5, 0.6) is 0 Å². The number of nitrogens with zero attached hydrogens (tertiary/aromatic N) is 2. The number of carbonyl (C=O) groups is 1. The third-order valence-corrected chi connectivity index (χ3v) is 3.05. The highest BCUT2D eigenvalue weighted by Gasteiger charge is 2.20. The summed E-state index contributed by atoms with van der Waals surface area (Å²) < 4.78 is 15.8. The first-order valence-electron chi connectivity index (χ1n) is 6.79. The van der Waals surface area contributed by atoms with Gasteiger partial charge in [0, 0.05) is 23.8 Å². The number of carboxylic acid groups (broad SMARTS) is 1. The number of rotatable bonds is 5. The molecule has 6 heteroatoms. The minimum atomic E-state index is -1.12. The number of hydrogen-bond acceptors (Lipinski definition) is 3. The van der Waals surface area contributed by atoms with Crippen molar-refractivity contribution in [3.8, 4) is 11.3 Å². The van der Waals surface area contributed by atoms with Gasteiger partial charge < -0.3 is 10.4 Å². The number of nitrogens with one attached hydrogen (secondary N) is 1. The van der Waals surface area contributed by atoms with Crippen molar-refractivity contribution in [2.75, 3.05) is 5.32 Å². The van der Waals surface area contributed by atoms with E-state index in [1.54, 1.807) is 12.1 Å². The van der Waals surface area contributed by atoms with Crippen LogP contribution in [0.3, 0.4) is 0 Å². The van der Waals surface area contributed by atoms with Gasteiger partial charge in [-0.2, -0.15) is 5.10 Å². The molecule has 0 fully saturated rings. The highest BCUT2D eigenvalue weighted by molar-refractivity contribution is 5.95. The van der Waals surface area contributed by atoms with E-state index in [-0.39, 0.29) is 17.2 Å². The Morgan fingerprint density at radius 1 is 1.48 bits per heavy atom. The van der Waals surface area contributed by atoms with E-state index in [2.05, 4.69) is 10.4 Å². The average Bonchev–Trinajstić information content (AvgIpc) is 2.81. The molecule has 21 heavy (non-hydrogen) atoms. The van der Waals surface area contributed by atoms with Crippen molar-refractivity contribution in [3.05, 3.63) is 35.8 Å². The van der Waals surface area contributed by atoms with Crippen LogP contribution in [0.2, 0.25) is 0 Å². The Labute approximate surface area is 122 Å². The molecule has 0 saturated heterocycles. The smallest absolute Gasteiger partial charge is 0.339 e. The molecule has 0 aliphatic rings. The van der Waals surface area contributed by atoms with Crippen LogP contribution in [0.4, 0.5) is 10.1 Å². The average molecular weight is 291 g/mol. The Morgan fingerprint density at radius 2 is 2.19 bits per heavy atom. The second-order valence-electron chi connectivity index (χ2n) is 5.02. The van der Waals surface area contributed by atoms with Gasteiger partial charge >= 0.3 is 5.97 Å². The van der Waals surface area contributed by atoms with Gasteiger partial charge in [0.25, 0.3) is 0 Å². The van der Waals surface area contributed by atoms with Crippen LogP contribution in [0, 0.1) is 5.82 Å². The number of hydrogen-bond donors (Lipinski definition) is 2. The molecular formula is C15H18FN3O2. The topological polar surface area (TPSA) is 67.2 Å². The Bertz CT molecular complexity index is 665. The summed E-state index contributed by atoms with van der Waals surface area (Å²) in [7, 11) is 0. The zero-order chi connectivity index (χ0) is 15.6. The van der Waals surface area contributed by atoms with Gasteiger partial charge in [-0.15, -0.1) is 0 Å². The Kier molecular flexibility index (Phi) is 4.26. The van der Waals surface area contributed by atoms with Gasteiger partial charge in [0.1, 0.15) is 11.4 Å². The highest BCUT2D eigenvalue weighted by atomic mass is 19.1. The van der Waals surface area contributed by atoms with E-state index < -0.39 is 11.8 Å². The molecule has 5 nitrogen and oxygen atoms in total. The van der Waals surface area contributed by atoms with Gasteiger partial charge in [0.05, 0.1) is 11.9 Å². The first kappa shape index (κ1) is 15.0. The lowest BCUT2D eigenvalue weighted by molar-refractivity contribution is 0.0697.